The van der Waals surface area contributed by atoms with Crippen molar-refractivity contribution in [3.05, 3.63) is 82.7 Å². The van der Waals surface area contributed by atoms with Gasteiger partial charge in [0.15, 0.2) is 0 Å². The van der Waals surface area contributed by atoms with Crippen molar-refractivity contribution in [3.63, 3.8) is 0 Å². The molecule has 0 radical (unpaired) electrons. The van der Waals surface area contributed by atoms with Crippen molar-refractivity contribution in [2.75, 3.05) is 25.5 Å². The lowest BCUT2D eigenvalue weighted by molar-refractivity contribution is -0.151. The van der Waals surface area contributed by atoms with E-state index >= 15 is 0 Å². The molecule has 0 bridgehead atoms. The molecule has 2 aromatic carbocycles. The molecule has 8 nitrogen and oxygen atoms in total. The number of methoxy groups -OCH3 is 1. The minimum absolute atomic E-state index is 0.0480. The maximum Gasteiger partial charge on any atom is 0.420 e. The summed E-state index contributed by atoms with van der Waals surface area (Å²) < 4.78 is 46.6. The standard InChI is InChI=1S/C31H29F3N4O4/c1-42-27(39)30(15-4-16-30)24-6-3-2-5-22(24)9-12-26-25(31(32,33)34)19-35-28(37-26)36-23-10-7-20(8-11-23)21-13-17-38(18-14-21)29(40)41/h2-3,5-8,10-11,19,21H,4,13-18H2,1H3,(H,40,41)(H,35,36,37). The number of rotatable bonds is 5. The monoisotopic (exact) mass is 578 g/mol. The number of carboxylic acid groups (broad SMARTS) is 1. The van der Waals surface area contributed by atoms with Crippen LogP contribution in [0.5, 0.6) is 0 Å². The Bertz CT molecular complexity index is 1530. The van der Waals surface area contributed by atoms with E-state index in [2.05, 4.69) is 27.1 Å². The van der Waals surface area contributed by atoms with Gasteiger partial charge in [0.25, 0.3) is 0 Å². The summed E-state index contributed by atoms with van der Waals surface area (Å²) in [6.45, 7) is 0.939. The molecule has 1 aliphatic carbocycles. The van der Waals surface area contributed by atoms with Crippen molar-refractivity contribution in [1.29, 1.82) is 0 Å². The molecule has 1 saturated carbocycles. The van der Waals surface area contributed by atoms with Gasteiger partial charge < -0.3 is 20.1 Å². The maximum absolute atomic E-state index is 13.8. The second kappa shape index (κ2) is 11.7. The average Bonchev–Trinajstić information content (AvgIpc) is 2.96. The van der Waals surface area contributed by atoms with Crippen molar-refractivity contribution in [2.45, 2.75) is 49.6 Å². The quantitative estimate of drug-likeness (QED) is 0.279. The first kappa shape index (κ1) is 28.9. The molecule has 0 atom stereocenters. The van der Waals surface area contributed by atoms with E-state index in [0.29, 0.717) is 61.8 Å². The summed E-state index contributed by atoms with van der Waals surface area (Å²) in [7, 11) is 1.32. The normalized spacial score (nSPS) is 16.5. The highest BCUT2D eigenvalue weighted by atomic mass is 19.4. The molecule has 11 heteroatoms. The van der Waals surface area contributed by atoms with Crippen LogP contribution >= 0.6 is 0 Å². The number of benzene rings is 2. The molecular weight excluding hydrogens is 549 g/mol. The fourth-order valence-electron chi connectivity index (χ4n) is 5.56. The van der Waals surface area contributed by atoms with Crippen molar-refractivity contribution in [2.24, 2.45) is 0 Å². The topological polar surface area (TPSA) is 105 Å². The molecule has 2 heterocycles. The smallest absolute Gasteiger partial charge is 0.420 e. The number of carbonyl (C=O) groups excluding carboxylic acids is 1. The Balaban J connectivity index is 1.39. The summed E-state index contributed by atoms with van der Waals surface area (Å²) in [4.78, 5) is 33.1. The number of nitrogens with zero attached hydrogens (tertiary/aromatic N) is 3. The maximum atomic E-state index is 13.8. The van der Waals surface area contributed by atoms with E-state index in [1.807, 2.05) is 12.1 Å². The number of likely N-dealkylation sites (tertiary alicyclic amines) is 1. The lowest BCUT2D eigenvalue weighted by Gasteiger charge is -2.39. The third kappa shape index (κ3) is 5.88. The van der Waals surface area contributed by atoms with Crippen LogP contribution < -0.4 is 5.32 Å². The first-order valence-corrected chi connectivity index (χ1v) is 13.6. The molecule has 0 spiro atoms. The van der Waals surface area contributed by atoms with E-state index in [-0.39, 0.29) is 17.8 Å². The lowest BCUT2D eigenvalue weighted by Crippen LogP contribution is -2.43. The molecule has 1 amide bonds. The van der Waals surface area contributed by atoms with Crippen molar-refractivity contribution in [1.82, 2.24) is 14.9 Å². The van der Waals surface area contributed by atoms with Crippen LogP contribution in [0.3, 0.4) is 0 Å². The number of anilines is 2. The van der Waals surface area contributed by atoms with Crippen LogP contribution in [0.4, 0.5) is 29.6 Å². The van der Waals surface area contributed by atoms with Gasteiger partial charge in [0.1, 0.15) is 11.3 Å². The van der Waals surface area contributed by atoms with Crippen LogP contribution in [0.1, 0.15) is 66.0 Å². The number of alkyl halides is 3. The molecule has 1 aliphatic heterocycles. The van der Waals surface area contributed by atoms with Gasteiger partial charge in [0, 0.05) is 30.5 Å². The Morgan fingerprint density at radius 3 is 2.36 bits per heavy atom. The summed E-state index contributed by atoms with van der Waals surface area (Å²) >= 11 is 0. The Hall–Kier alpha value is -4.59. The predicted octanol–water partition coefficient (Wildman–Crippen LogP) is 6.09. The molecule has 2 fully saturated rings. The zero-order chi connectivity index (χ0) is 29.9. The van der Waals surface area contributed by atoms with Gasteiger partial charge in [0.05, 0.1) is 12.5 Å². The molecule has 1 aromatic heterocycles. The molecule has 2 N–H and O–H groups in total. The van der Waals surface area contributed by atoms with Crippen LogP contribution in [0.2, 0.25) is 0 Å². The summed E-state index contributed by atoms with van der Waals surface area (Å²) in [6.07, 6.45) is -1.51. The number of carbonyl (C=O) groups is 2. The number of piperidine rings is 1. The number of hydrogen-bond acceptors (Lipinski definition) is 6. The third-order valence-electron chi connectivity index (χ3n) is 8.04. The fraction of sp³-hybridized carbons (Fsp3) is 0.355. The molecule has 1 saturated heterocycles. The average molecular weight is 579 g/mol. The van der Waals surface area contributed by atoms with Crippen LogP contribution in [0, 0.1) is 11.8 Å². The third-order valence-corrected chi connectivity index (χ3v) is 8.04. The van der Waals surface area contributed by atoms with Gasteiger partial charge in [-0.25, -0.2) is 14.8 Å². The van der Waals surface area contributed by atoms with Crippen LogP contribution in [-0.2, 0) is 21.1 Å². The van der Waals surface area contributed by atoms with Gasteiger partial charge in [-0.3, -0.25) is 4.79 Å². The highest BCUT2D eigenvalue weighted by Crippen LogP contribution is 2.46. The summed E-state index contributed by atoms with van der Waals surface area (Å²) in [5, 5.41) is 12.1. The molecule has 42 heavy (non-hydrogen) atoms. The molecule has 3 aromatic rings. The Morgan fingerprint density at radius 1 is 1.07 bits per heavy atom. The van der Waals surface area contributed by atoms with E-state index in [0.717, 1.165) is 12.0 Å². The summed E-state index contributed by atoms with van der Waals surface area (Å²) in [6, 6.07) is 14.3. The van der Waals surface area contributed by atoms with Crippen LogP contribution in [0.25, 0.3) is 0 Å². The largest absolute Gasteiger partial charge is 0.468 e. The molecular formula is C31H29F3N4O4. The van der Waals surface area contributed by atoms with Gasteiger partial charge in [0.2, 0.25) is 5.95 Å². The van der Waals surface area contributed by atoms with Crippen LogP contribution in [0.15, 0.2) is 54.7 Å². The van der Waals surface area contributed by atoms with E-state index in [9.17, 15) is 22.8 Å². The van der Waals surface area contributed by atoms with E-state index < -0.39 is 28.9 Å². The minimum atomic E-state index is -4.72. The second-order valence-electron chi connectivity index (χ2n) is 10.5. The van der Waals surface area contributed by atoms with Gasteiger partial charge in [-0.15, -0.1) is 0 Å². The highest BCUT2D eigenvalue weighted by molar-refractivity contribution is 5.85. The number of ether oxygens (including phenoxy) is 1. The number of aromatic nitrogens is 2. The van der Waals surface area contributed by atoms with Crippen molar-refractivity contribution < 1.29 is 32.6 Å². The Labute approximate surface area is 240 Å². The number of amides is 1. The van der Waals surface area contributed by atoms with E-state index in [1.165, 1.54) is 12.0 Å². The van der Waals surface area contributed by atoms with Gasteiger partial charge in [-0.2, -0.15) is 13.2 Å². The lowest BCUT2D eigenvalue weighted by atomic mass is 9.63. The van der Waals surface area contributed by atoms with E-state index in [1.54, 1.807) is 36.4 Å². The Morgan fingerprint density at radius 2 is 1.76 bits per heavy atom. The zero-order valence-corrected chi connectivity index (χ0v) is 22.9. The van der Waals surface area contributed by atoms with Crippen LogP contribution in [-0.4, -0.2) is 52.2 Å². The van der Waals surface area contributed by atoms with E-state index in [4.69, 9.17) is 9.84 Å². The predicted molar refractivity (Wildman–Crippen MR) is 148 cm³/mol. The number of halogens is 3. The number of hydrogen-bond donors (Lipinski definition) is 2. The second-order valence-corrected chi connectivity index (χ2v) is 10.5. The van der Waals surface area contributed by atoms with Gasteiger partial charge >= 0.3 is 18.2 Å². The zero-order valence-electron chi connectivity index (χ0n) is 22.9. The SMILES string of the molecule is COC(=O)C1(c2ccccc2C#Cc2nc(Nc3ccc(C4CCN(C(=O)O)CC4)cc3)ncc2C(F)(F)F)CCC1. The molecule has 5 rings (SSSR count). The summed E-state index contributed by atoms with van der Waals surface area (Å²) in [5.74, 6) is 5.20. The summed E-state index contributed by atoms with van der Waals surface area (Å²) in [5.41, 5.74) is 0.296. The minimum Gasteiger partial charge on any atom is -0.468 e. The van der Waals surface area contributed by atoms with Crippen molar-refractivity contribution in [3.8, 4) is 11.8 Å². The molecule has 0 unspecified atom stereocenters. The highest BCUT2D eigenvalue weighted by Gasteiger charge is 2.47. The first-order chi connectivity index (χ1) is 20.1. The van der Waals surface area contributed by atoms with Gasteiger partial charge in [-0.1, -0.05) is 42.7 Å². The molecule has 218 valence electrons. The number of esters is 1. The first-order valence-electron chi connectivity index (χ1n) is 13.6. The number of nitrogens with one attached hydrogen (secondary N) is 1. The Kier molecular flexibility index (Phi) is 8.07. The van der Waals surface area contributed by atoms with Gasteiger partial charge in [-0.05, 0) is 66.8 Å². The van der Waals surface area contributed by atoms with Crippen molar-refractivity contribution >= 4 is 23.7 Å². The fourth-order valence-corrected chi connectivity index (χ4v) is 5.56. The molecule has 2 aliphatic rings.